The predicted octanol–water partition coefficient (Wildman–Crippen LogP) is 2.01. The molecule has 74 valence electrons. The normalized spacial score (nSPS) is 10.5. The van der Waals surface area contributed by atoms with Gasteiger partial charge in [0.25, 0.3) is 0 Å². The monoisotopic (exact) mass is 204 g/mol. The Bertz CT molecular complexity index is 332. The maximum atomic E-state index is 8.64. The molecule has 0 unspecified atom stereocenters. The van der Waals surface area contributed by atoms with Crippen molar-refractivity contribution in [2.75, 3.05) is 6.61 Å². The zero-order chi connectivity index (χ0) is 10.4. The van der Waals surface area contributed by atoms with Crippen LogP contribution in [0.1, 0.15) is 5.56 Å². The lowest BCUT2D eigenvalue weighted by molar-refractivity contribution is 0.350. The van der Waals surface area contributed by atoms with Crippen LogP contribution in [-0.2, 0) is 6.04 Å². The van der Waals surface area contributed by atoms with E-state index in [4.69, 9.17) is 5.11 Å². The fourth-order valence-corrected chi connectivity index (χ4v) is 3.33. The molecular formula is C12H16OSi. The minimum Gasteiger partial charge on any atom is -0.384 e. The van der Waals surface area contributed by atoms with Crippen molar-refractivity contribution in [2.24, 2.45) is 0 Å². The highest BCUT2D eigenvalue weighted by Crippen LogP contribution is 2.10. The van der Waals surface area contributed by atoms with Crippen molar-refractivity contribution in [3.8, 4) is 11.5 Å². The summed E-state index contributed by atoms with van der Waals surface area (Å²) in [6, 6.07) is 11.5. The third-order valence-electron chi connectivity index (χ3n) is 1.99. The van der Waals surface area contributed by atoms with Gasteiger partial charge in [-0.05, 0) is 11.6 Å². The average Bonchev–Trinajstić information content (AvgIpc) is 2.16. The van der Waals surface area contributed by atoms with Crippen LogP contribution in [0, 0.1) is 11.5 Å². The van der Waals surface area contributed by atoms with Gasteiger partial charge in [-0.2, -0.15) is 0 Å². The highest BCUT2D eigenvalue weighted by atomic mass is 28.3. The molecule has 2 heteroatoms. The Morgan fingerprint density at radius 1 is 1.21 bits per heavy atom. The van der Waals surface area contributed by atoms with Crippen LogP contribution >= 0.6 is 0 Å². The molecule has 1 aromatic carbocycles. The second-order valence-electron chi connectivity index (χ2n) is 4.01. The fourth-order valence-electron chi connectivity index (χ4n) is 1.43. The number of benzene rings is 1. The molecule has 1 rings (SSSR count). The smallest absolute Gasteiger partial charge is 0.136 e. The van der Waals surface area contributed by atoms with Crippen molar-refractivity contribution in [1.82, 2.24) is 0 Å². The van der Waals surface area contributed by atoms with Gasteiger partial charge in [-0.1, -0.05) is 49.3 Å². The molecular weight excluding hydrogens is 188 g/mol. The molecule has 0 radical (unpaired) electrons. The molecule has 1 nitrogen and oxygen atoms in total. The van der Waals surface area contributed by atoms with Crippen molar-refractivity contribution in [2.45, 2.75) is 19.1 Å². The Balaban J connectivity index is 2.68. The first kappa shape index (κ1) is 11.0. The predicted molar refractivity (Wildman–Crippen MR) is 62.5 cm³/mol. The summed E-state index contributed by atoms with van der Waals surface area (Å²) in [6.45, 7) is 4.43. The van der Waals surface area contributed by atoms with Crippen LogP contribution in [0.3, 0.4) is 0 Å². The fraction of sp³-hybridized carbons (Fsp3) is 0.333. The van der Waals surface area contributed by atoms with Gasteiger partial charge in [-0.15, -0.1) is 5.54 Å². The maximum Gasteiger partial charge on any atom is 0.136 e. The van der Waals surface area contributed by atoms with E-state index in [1.165, 1.54) is 5.56 Å². The van der Waals surface area contributed by atoms with E-state index in [0.717, 1.165) is 6.04 Å². The molecule has 0 aliphatic heterocycles. The van der Waals surface area contributed by atoms with Crippen LogP contribution in [0.4, 0.5) is 0 Å². The molecule has 0 aliphatic carbocycles. The van der Waals surface area contributed by atoms with E-state index in [2.05, 4.69) is 48.8 Å². The topological polar surface area (TPSA) is 20.2 Å². The molecule has 0 fully saturated rings. The molecule has 0 heterocycles. The SMILES string of the molecule is C[Si](C)(C#CCO)Cc1ccccc1. The average molecular weight is 204 g/mol. The Morgan fingerprint density at radius 2 is 1.86 bits per heavy atom. The van der Waals surface area contributed by atoms with E-state index >= 15 is 0 Å². The molecule has 0 atom stereocenters. The van der Waals surface area contributed by atoms with Crippen LogP contribution in [-0.4, -0.2) is 19.8 Å². The summed E-state index contributed by atoms with van der Waals surface area (Å²) >= 11 is 0. The standard InChI is InChI=1S/C12H16OSi/c1-14(2,10-6-9-13)11-12-7-4-3-5-8-12/h3-5,7-8,13H,9,11H2,1-2H3. The summed E-state index contributed by atoms with van der Waals surface area (Å²) in [5.74, 6) is 2.78. The molecule has 0 saturated carbocycles. The Kier molecular flexibility index (Phi) is 3.93. The van der Waals surface area contributed by atoms with Crippen molar-refractivity contribution in [3.05, 3.63) is 35.9 Å². The largest absolute Gasteiger partial charge is 0.384 e. The second kappa shape index (κ2) is 4.99. The van der Waals surface area contributed by atoms with Crippen molar-refractivity contribution in [1.29, 1.82) is 0 Å². The first-order valence-electron chi connectivity index (χ1n) is 4.79. The van der Waals surface area contributed by atoms with Crippen molar-refractivity contribution in [3.63, 3.8) is 0 Å². The van der Waals surface area contributed by atoms with Crippen LogP contribution < -0.4 is 0 Å². The first-order chi connectivity index (χ1) is 6.64. The number of hydrogen-bond donors (Lipinski definition) is 1. The minimum absolute atomic E-state index is 0.0226. The molecule has 0 amide bonds. The summed E-state index contributed by atoms with van der Waals surface area (Å²) in [4.78, 5) is 0. The van der Waals surface area contributed by atoms with Gasteiger partial charge in [0.1, 0.15) is 14.7 Å². The highest BCUT2D eigenvalue weighted by Gasteiger charge is 2.17. The van der Waals surface area contributed by atoms with Gasteiger partial charge in [0.05, 0.1) is 0 Å². The van der Waals surface area contributed by atoms with Gasteiger partial charge >= 0.3 is 0 Å². The van der Waals surface area contributed by atoms with Crippen LogP contribution in [0.2, 0.25) is 13.1 Å². The molecule has 1 N–H and O–H groups in total. The first-order valence-corrected chi connectivity index (χ1v) is 7.99. The van der Waals surface area contributed by atoms with Crippen LogP contribution in [0.15, 0.2) is 30.3 Å². The molecule has 0 saturated heterocycles. The Hall–Kier alpha value is -1.04. The number of rotatable bonds is 2. The molecule has 0 aromatic heterocycles. The third-order valence-corrected chi connectivity index (χ3v) is 4.14. The van der Waals surface area contributed by atoms with E-state index in [-0.39, 0.29) is 6.61 Å². The second-order valence-corrected chi connectivity index (χ2v) is 8.38. The Labute approximate surface area is 86.8 Å². The van der Waals surface area contributed by atoms with Gasteiger partial charge in [-0.3, -0.25) is 0 Å². The third kappa shape index (κ3) is 3.78. The Morgan fingerprint density at radius 3 is 2.43 bits per heavy atom. The van der Waals surface area contributed by atoms with E-state index in [9.17, 15) is 0 Å². The van der Waals surface area contributed by atoms with Crippen LogP contribution in [0.5, 0.6) is 0 Å². The summed E-state index contributed by atoms with van der Waals surface area (Å²) in [5.41, 5.74) is 4.54. The van der Waals surface area contributed by atoms with Crippen molar-refractivity contribution < 1.29 is 5.11 Å². The van der Waals surface area contributed by atoms with E-state index in [1.54, 1.807) is 0 Å². The molecule has 0 spiro atoms. The van der Waals surface area contributed by atoms with E-state index < -0.39 is 8.07 Å². The zero-order valence-corrected chi connectivity index (χ0v) is 9.75. The van der Waals surface area contributed by atoms with Gasteiger partial charge in [0.2, 0.25) is 0 Å². The summed E-state index contributed by atoms with van der Waals surface area (Å²) in [5, 5.41) is 8.64. The minimum atomic E-state index is -1.49. The van der Waals surface area contributed by atoms with Gasteiger partial charge in [0.15, 0.2) is 0 Å². The lowest BCUT2D eigenvalue weighted by Crippen LogP contribution is -2.27. The summed E-state index contributed by atoms with van der Waals surface area (Å²) in [6.07, 6.45) is 0. The lowest BCUT2D eigenvalue weighted by atomic mass is 10.2. The summed E-state index contributed by atoms with van der Waals surface area (Å²) in [7, 11) is -1.49. The lowest BCUT2D eigenvalue weighted by Gasteiger charge is -2.14. The molecule has 1 aromatic rings. The number of hydrogen-bond acceptors (Lipinski definition) is 1. The van der Waals surface area contributed by atoms with Gasteiger partial charge in [0, 0.05) is 0 Å². The van der Waals surface area contributed by atoms with E-state index in [0.29, 0.717) is 0 Å². The molecule has 0 bridgehead atoms. The van der Waals surface area contributed by atoms with Crippen LogP contribution in [0.25, 0.3) is 0 Å². The quantitative estimate of drug-likeness (QED) is 0.577. The molecule has 14 heavy (non-hydrogen) atoms. The zero-order valence-electron chi connectivity index (χ0n) is 8.75. The highest BCUT2D eigenvalue weighted by molar-refractivity contribution is 6.84. The number of aliphatic hydroxyl groups is 1. The molecule has 0 aliphatic rings. The number of aliphatic hydroxyl groups excluding tert-OH is 1. The van der Waals surface area contributed by atoms with E-state index in [1.807, 2.05) is 6.07 Å². The summed E-state index contributed by atoms with van der Waals surface area (Å²) < 4.78 is 0. The van der Waals surface area contributed by atoms with Gasteiger partial charge in [-0.25, -0.2) is 0 Å². The van der Waals surface area contributed by atoms with Gasteiger partial charge < -0.3 is 5.11 Å². The van der Waals surface area contributed by atoms with Crippen molar-refractivity contribution >= 4 is 8.07 Å². The maximum absolute atomic E-state index is 8.64.